The lowest BCUT2D eigenvalue weighted by Gasteiger charge is -2.21. The minimum absolute atomic E-state index is 0.0199. The Kier molecular flexibility index (Phi) is 3.11. The van der Waals surface area contributed by atoms with Crippen LogP contribution in [0.4, 0.5) is 4.39 Å². The summed E-state index contributed by atoms with van der Waals surface area (Å²) in [5, 5.41) is -0.666. The Morgan fingerprint density at radius 1 is 1.43 bits per heavy atom. The van der Waals surface area contributed by atoms with Gasteiger partial charge in [0, 0.05) is 0 Å². The zero-order chi connectivity index (χ0) is 10.8. The molecule has 0 saturated heterocycles. The van der Waals surface area contributed by atoms with E-state index in [1.54, 1.807) is 6.07 Å². The quantitative estimate of drug-likeness (QED) is 0.727. The van der Waals surface area contributed by atoms with Gasteiger partial charge in [-0.15, -0.1) is 0 Å². The highest BCUT2D eigenvalue weighted by Crippen LogP contribution is 2.22. The van der Waals surface area contributed by atoms with E-state index in [1.165, 1.54) is 32.0 Å². The molecule has 1 aromatic rings. The minimum atomic E-state index is -1.22. The van der Waals surface area contributed by atoms with Crippen LogP contribution in [0, 0.1) is 5.82 Å². The summed E-state index contributed by atoms with van der Waals surface area (Å²) in [5.74, 6) is -0.495. The molecule has 0 atom stereocenters. The second kappa shape index (κ2) is 3.96. The SMILES string of the molecule is CC(C)(Oc1ccccc1F)C(=O)Cl. The Hall–Kier alpha value is -1.09. The number of benzene rings is 1. The number of rotatable bonds is 3. The lowest BCUT2D eigenvalue weighted by molar-refractivity contribution is -0.123. The summed E-state index contributed by atoms with van der Waals surface area (Å²) in [6.45, 7) is 2.96. The van der Waals surface area contributed by atoms with E-state index in [1.807, 2.05) is 0 Å². The highest BCUT2D eigenvalue weighted by Gasteiger charge is 2.28. The van der Waals surface area contributed by atoms with Gasteiger partial charge in [-0.2, -0.15) is 0 Å². The number of para-hydroxylation sites is 1. The summed E-state index contributed by atoms with van der Waals surface area (Å²) in [6.07, 6.45) is 0. The van der Waals surface area contributed by atoms with Crippen molar-refractivity contribution in [2.45, 2.75) is 19.4 Å². The van der Waals surface area contributed by atoms with Crippen LogP contribution in [0.2, 0.25) is 0 Å². The molecule has 4 heteroatoms. The zero-order valence-electron chi connectivity index (χ0n) is 7.88. The first kappa shape index (κ1) is 11.0. The highest BCUT2D eigenvalue weighted by atomic mass is 35.5. The van der Waals surface area contributed by atoms with Gasteiger partial charge in [-0.05, 0) is 37.6 Å². The number of halogens is 2. The van der Waals surface area contributed by atoms with Crippen LogP contribution in [-0.4, -0.2) is 10.8 Å². The Morgan fingerprint density at radius 3 is 2.50 bits per heavy atom. The zero-order valence-corrected chi connectivity index (χ0v) is 8.64. The number of hydrogen-bond donors (Lipinski definition) is 0. The van der Waals surface area contributed by atoms with Gasteiger partial charge in [0.15, 0.2) is 17.2 Å². The molecule has 0 fully saturated rings. The van der Waals surface area contributed by atoms with Crippen molar-refractivity contribution in [1.29, 1.82) is 0 Å². The predicted molar refractivity (Wildman–Crippen MR) is 52.0 cm³/mol. The third kappa shape index (κ3) is 2.45. The fourth-order valence-electron chi connectivity index (χ4n) is 0.843. The molecule has 0 aliphatic carbocycles. The lowest BCUT2D eigenvalue weighted by atomic mass is 10.1. The summed E-state index contributed by atoms with van der Waals surface area (Å²) >= 11 is 5.29. The fraction of sp³-hybridized carbons (Fsp3) is 0.300. The first-order valence-corrected chi connectivity index (χ1v) is 4.45. The minimum Gasteiger partial charge on any atom is -0.476 e. The molecule has 0 spiro atoms. The standard InChI is InChI=1S/C10H10ClFO2/c1-10(2,9(11)13)14-8-6-4-3-5-7(8)12/h3-6H,1-2H3. The van der Waals surface area contributed by atoms with E-state index in [0.717, 1.165) is 0 Å². The normalized spacial score (nSPS) is 11.1. The van der Waals surface area contributed by atoms with Gasteiger partial charge in [-0.1, -0.05) is 12.1 Å². The van der Waals surface area contributed by atoms with E-state index in [4.69, 9.17) is 16.3 Å². The van der Waals surface area contributed by atoms with E-state index >= 15 is 0 Å². The molecule has 76 valence electrons. The molecule has 0 heterocycles. The van der Waals surface area contributed by atoms with E-state index in [-0.39, 0.29) is 5.75 Å². The molecule has 1 aromatic carbocycles. The van der Waals surface area contributed by atoms with Gasteiger partial charge >= 0.3 is 0 Å². The summed E-state index contributed by atoms with van der Waals surface area (Å²) in [6, 6.07) is 5.85. The largest absolute Gasteiger partial charge is 0.476 e. The van der Waals surface area contributed by atoms with Crippen LogP contribution in [0.25, 0.3) is 0 Å². The van der Waals surface area contributed by atoms with Crippen LogP contribution in [0.15, 0.2) is 24.3 Å². The van der Waals surface area contributed by atoms with Crippen molar-refractivity contribution < 1.29 is 13.9 Å². The maximum absolute atomic E-state index is 13.1. The van der Waals surface area contributed by atoms with Crippen LogP contribution >= 0.6 is 11.6 Å². The van der Waals surface area contributed by atoms with Gasteiger partial charge in [0.1, 0.15) is 0 Å². The van der Waals surface area contributed by atoms with Crippen molar-refractivity contribution in [3.05, 3.63) is 30.1 Å². The summed E-state index contributed by atoms with van der Waals surface area (Å²) < 4.78 is 18.2. The molecule has 0 amide bonds. The first-order valence-electron chi connectivity index (χ1n) is 4.07. The van der Waals surface area contributed by atoms with Crippen molar-refractivity contribution in [1.82, 2.24) is 0 Å². The van der Waals surface area contributed by atoms with Crippen LogP contribution < -0.4 is 4.74 Å². The number of carbonyl (C=O) groups excluding carboxylic acids is 1. The first-order chi connectivity index (χ1) is 6.43. The van der Waals surface area contributed by atoms with Crippen molar-refractivity contribution in [3.8, 4) is 5.75 Å². The Labute approximate surface area is 86.6 Å². The van der Waals surface area contributed by atoms with Crippen LogP contribution in [0.5, 0.6) is 5.75 Å². The van der Waals surface area contributed by atoms with Crippen LogP contribution in [0.3, 0.4) is 0 Å². The molecule has 2 nitrogen and oxygen atoms in total. The second-order valence-electron chi connectivity index (χ2n) is 3.32. The number of hydrogen-bond acceptors (Lipinski definition) is 2. The Bertz CT molecular complexity index is 350. The molecule has 0 N–H and O–H groups in total. The fourth-order valence-corrected chi connectivity index (χ4v) is 0.881. The highest BCUT2D eigenvalue weighted by molar-refractivity contribution is 6.65. The lowest BCUT2D eigenvalue weighted by Crippen LogP contribution is -2.35. The maximum atomic E-state index is 13.1. The molecular weight excluding hydrogens is 207 g/mol. The van der Waals surface area contributed by atoms with Gasteiger partial charge in [-0.3, -0.25) is 4.79 Å². The van der Waals surface area contributed by atoms with Crippen molar-refractivity contribution >= 4 is 16.8 Å². The van der Waals surface area contributed by atoms with E-state index in [0.29, 0.717) is 0 Å². The Morgan fingerprint density at radius 2 is 2.00 bits per heavy atom. The molecule has 0 radical (unpaired) electrons. The van der Waals surface area contributed by atoms with Crippen molar-refractivity contribution in [3.63, 3.8) is 0 Å². The molecule has 0 aliphatic heterocycles. The molecule has 0 saturated carbocycles. The molecule has 14 heavy (non-hydrogen) atoms. The summed E-state index contributed by atoms with van der Waals surface area (Å²) in [4.78, 5) is 10.9. The molecule has 0 bridgehead atoms. The van der Waals surface area contributed by atoms with Gasteiger partial charge in [0.25, 0.3) is 5.24 Å². The predicted octanol–water partition coefficient (Wildman–Crippen LogP) is 2.75. The molecule has 0 unspecified atom stereocenters. The smallest absolute Gasteiger partial charge is 0.264 e. The number of ether oxygens (including phenoxy) is 1. The molecule has 1 rings (SSSR count). The Balaban J connectivity index is 2.89. The van der Waals surface area contributed by atoms with E-state index < -0.39 is 16.7 Å². The summed E-state index contributed by atoms with van der Waals surface area (Å²) in [5.41, 5.74) is -1.22. The monoisotopic (exact) mass is 216 g/mol. The third-order valence-corrected chi connectivity index (χ3v) is 2.13. The van der Waals surface area contributed by atoms with Gasteiger partial charge in [0.05, 0.1) is 0 Å². The average molecular weight is 217 g/mol. The van der Waals surface area contributed by atoms with Gasteiger partial charge < -0.3 is 4.74 Å². The van der Waals surface area contributed by atoms with Crippen LogP contribution in [0.1, 0.15) is 13.8 Å². The van der Waals surface area contributed by atoms with Gasteiger partial charge in [-0.25, -0.2) is 4.39 Å². The van der Waals surface area contributed by atoms with E-state index in [2.05, 4.69) is 0 Å². The number of carbonyl (C=O) groups is 1. The third-order valence-electron chi connectivity index (χ3n) is 1.68. The van der Waals surface area contributed by atoms with E-state index in [9.17, 15) is 9.18 Å². The topological polar surface area (TPSA) is 26.3 Å². The maximum Gasteiger partial charge on any atom is 0.264 e. The van der Waals surface area contributed by atoms with Gasteiger partial charge in [0.2, 0.25) is 0 Å². The average Bonchev–Trinajstić information content (AvgIpc) is 2.08. The van der Waals surface area contributed by atoms with Crippen LogP contribution in [-0.2, 0) is 4.79 Å². The molecule has 0 aromatic heterocycles. The molecular formula is C10H10ClFO2. The van der Waals surface area contributed by atoms with Crippen molar-refractivity contribution in [2.24, 2.45) is 0 Å². The van der Waals surface area contributed by atoms with Crippen molar-refractivity contribution in [2.75, 3.05) is 0 Å². The summed E-state index contributed by atoms with van der Waals surface area (Å²) in [7, 11) is 0. The second-order valence-corrected chi connectivity index (χ2v) is 3.66. The molecule has 0 aliphatic rings.